The highest BCUT2D eigenvalue weighted by molar-refractivity contribution is 7.80. The van der Waals surface area contributed by atoms with Gasteiger partial charge in [-0.2, -0.15) is 13.2 Å². The number of anilines is 1. The van der Waals surface area contributed by atoms with Crippen molar-refractivity contribution in [3.05, 3.63) is 65.7 Å². The molecule has 0 bridgehead atoms. The first kappa shape index (κ1) is 22.5. The number of alkyl halides is 6. The van der Waals surface area contributed by atoms with Crippen molar-refractivity contribution in [1.29, 1.82) is 0 Å². The predicted octanol–water partition coefficient (Wildman–Crippen LogP) is 5.12. The molecule has 0 aliphatic carbocycles. The van der Waals surface area contributed by atoms with Crippen LogP contribution in [-0.2, 0) is 6.18 Å². The molecule has 1 atom stereocenters. The normalized spacial score (nSPS) is 12.8. The zero-order valence-electron chi connectivity index (χ0n) is 13.9. The van der Waals surface area contributed by atoms with E-state index >= 15 is 0 Å². The Hall–Kier alpha value is -1.74. The molecule has 3 N–H and O–H groups in total. The summed E-state index contributed by atoms with van der Waals surface area (Å²) in [5, 5.41) is 7.46. The third kappa shape index (κ3) is 6.70. The lowest BCUT2D eigenvalue weighted by atomic mass is 10.2. The van der Waals surface area contributed by atoms with E-state index in [-0.39, 0.29) is 10.8 Å². The van der Waals surface area contributed by atoms with E-state index in [0.29, 0.717) is 5.56 Å². The van der Waals surface area contributed by atoms with Crippen molar-refractivity contribution in [3.8, 4) is 0 Å². The number of halogens is 6. The van der Waals surface area contributed by atoms with E-state index in [4.69, 9.17) is 47.0 Å². The summed E-state index contributed by atoms with van der Waals surface area (Å²) in [5.74, 6) is -0.536. The van der Waals surface area contributed by atoms with E-state index < -0.39 is 27.6 Å². The van der Waals surface area contributed by atoms with Crippen molar-refractivity contribution in [1.82, 2.24) is 10.6 Å². The van der Waals surface area contributed by atoms with Crippen LogP contribution in [0.5, 0.6) is 0 Å². The highest BCUT2D eigenvalue weighted by Crippen LogP contribution is 2.31. The zero-order chi connectivity index (χ0) is 20.9. The number of thiocarbonyl (C=S) groups is 1. The van der Waals surface area contributed by atoms with Gasteiger partial charge in [-0.25, -0.2) is 0 Å². The van der Waals surface area contributed by atoms with Crippen LogP contribution in [-0.4, -0.2) is 21.0 Å². The fourth-order valence-corrected chi connectivity index (χ4v) is 2.64. The molecule has 0 fully saturated rings. The Labute approximate surface area is 179 Å². The summed E-state index contributed by atoms with van der Waals surface area (Å²) in [4.78, 5) is 12.3. The smallest absolute Gasteiger partial charge is 0.339 e. The van der Waals surface area contributed by atoms with Gasteiger partial charge in [0.2, 0.25) is 3.79 Å². The monoisotopic (exact) mass is 469 g/mol. The largest absolute Gasteiger partial charge is 0.416 e. The molecule has 150 valence electrons. The summed E-state index contributed by atoms with van der Waals surface area (Å²) in [5.41, 5.74) is -0.458. The van der Waals surface area contributed by atoms with E-state index in [9.17, 15) is 18.0 Å². The van der Waals surface area contributed by atoms with Crippen LogP contribution >= 0.6 is 47.0 Å². The molecule has 0 saturated heterocycles. The van der Waals surface area contributed by atoms with Gasteiger partial charge in [-0.1, -0.05) is 59.1 Å². The molecule has 1 unspecified atom stereocenters. The Morgan fingerprint density at radius 1 is 0.964 bits per heavy atom. The van der Waals surface area contributed by atoms with Gasteiger partial charge in [-0.3, -0.25) is 4.79 Å². The molecule has 4 nitrogen and oxygen atoms in total. The molecule has 0 aliphatic rings. The summed E-state index contributed by atoms with van der Waals surface area (Å²) >= 11 is 22.7. The fourth-order valence-electron chi connectivity index (χ4n) is 2.08. The van der Waals surface area contributed by atoms with Crippen molar-refractivity contribution in [2.24, 2.45) is 0 Å². The van der Waals surface area contributed by atoms with Gasteiger partial charge in [0, 0.05) is 11.3 Å². The molecular weight excluding hydrogens is 458 g/mol. The van der Waals surface area contributed by atoms with E-state index in [0.717, 1.165) is 12.1 Å². The maximum atomic E-state index is 12.8. The van der Waals surface area contributed by atoms with Gasteiger partial charge in [-0.15, -0.1) is 0 Å². The molecule has 0 heterocycles. The van der Waals surface area contributed by atoms with Crippen molar-refractivity contribution in [3.63, 3.8) is 0 Å². The van der Waals surface area contributed by atoms with Crippen LogP contribution in [0.25, 0.3) is 0 Å². The maximum Gasteiger partial charge on any atom is 0.416 e. The molecule has 0 aromatic heterocycles. The van der Waals surface area contributed by atoms with Gasteiger partial charge < -0.3 is 16.0 Å². The van der Waals surface area contributed by atoms with Gasteiger partial charge in [-0.05, 0) is 42.5 Å². The summed E-state index contributed by atoms with van der Waals surface area (Å²) < 4.78 is 36.4. The van der Waals surface area contributed by atoms with Crippen LogP contribution in [0.1, 0.15) is 15.9 Å². The Bertz CT molecular complexity index is 845. The third-order valence-electron chi connectivity index (χ3n) is 3.36. The van der Waals surface area contributed by atoms with Crippen molar-refractivity contribution in [2.75, 3.05) is 5.32 Å². The molecule has 0 aliphatic heterocycles. The molecule has 28 heavy (non-hydrogen) atoms. The number of carbonyl (C=O) groups excluding carboxylic acids is 1. The zero-order valence-corrected chi connectivity index (χ0v) is 16.9. The molecule has 2 rings (SSSR count). The number of hydrogen-bond donors (Lipinski definition) is 3. The topological polar surface area (TPSA) is 53.2 Å². The van der Waals surface area contributed by atoms with E-state index in [1.165, 1.54) is 12.1 Å². The molecule has 0 saturated carbocycles. The molecule has 0 radical (unpaired) electrons. The lowest BCUT2D eigenvalue weighted by molar-refractivity contribution is -0.137. The molecule has 11 heteroatoms. The Balaban J connectivity index is 2.08. The number of amides is 1. The van der Waals surface area contributed by atoms with Gasteiger partial charge in [0.15, 0.2) is 5.11 Å². The first-order valence-electron chi connectivity index (χ1n) is 7.64. The average molecular weight is 471 g/mol. The van der Waals surface area contributed by atoms with Crippen molar-refractivity contribution in [2.45, 2.75) is 16.1 Å². The van der Waals surface area contributed by atoms with Crippen LogP contribution < -0.4 is 16.0 Å². The Morgan fingerprint density at radius 2 is 1.61 bits per heavy atom. The first-order chi connectivity index (χ1) is 13.0. The van der Waals surface area contributed by atoms with Crippen LogP contribution in [0, 0.1) is 0 Å². The standard InChI is InChI=1S/C17H13Cl3F3N3OS/c18-16(19,20)14(25-13(27)10-5-2-1-3-6-10)26-15(28)24-12-8-4-7-11(9-12)17(21,22)23/h1-9,14H,(H,25,27)(H2,24,26,28). The van der Waals surface area contributed by atoms with E-state index in [1.54, 1.807) is 30.3 Å². The highest BCUT2D eigenvalue weighted by Gasteiger charge is 2.35. The van der Waals surface area contributed by atoms with Gasteiger partial charge in [0.1, 0.15) is 6.17 Å². The second-order valence-electron chi connectivity index (χ2n) is 5.49. The molecular formula is C17H13Cl3F3N3OS. The average Bonchev–Trinajstić information content (AvgIpc) is 2.60. The lowest BCUT2D eigenvalue weighted by Crippen LogP contribution is -2.56. The highest BCUT2D eigenvalue weighted by atomic mass is 35.6. The van der Waals surface area contributed by atoms with Gasteiger partial charge in [0.05, 0.1) is 5.56 Å². The van der Waals surface area contributed by atoms with E-state index in [1.807, 2.05) is 0 Å². The molecule has 1 amide bonds. The summed E-state index contributed by atoms with van der Waals surface area (Å²) in [7, 11) is 0. The first-order valence-corrected chi connectivity index (χ1v) is 9.18. The second-order valence-corrected chi connectivity index (χ2v) is 8.27. The van der Waals surface area contributed by atoms with Crippen LogP contribution in [0.3, 0.4) is 0 Å². The molecule has 2 aromatic carbocycles. The van der Waals surface area contributed by atoms with Gasteiger partial charge in [0.25, 0.3) is 5.91 Å². The second kappa shape index (κ2) is 9.17. The minimum Gasteiger partial charge on any atom is -0.339 e. The number of benzene rings is 2. The quantitative estimate of drug-likeness (QED) is 0.330. The Kier molecular flexibility index (Phi) is 7.39. The fraction of sp³-hybridized carbons (Fsp3) is 0.176. The van der Waals surface area contributed by atoms with Crippen LogP contribution in [0.15, 0.2) is 54.6 Å². The molecule has 2 aromatic rings. The van der Waals surface area contributed by atoms with Crippen LogP contribution in [0.2, 0.25) is 0 Å². The van der Waals surface area contributed by atoms with Crippen molar-refractivity contribution < 1.29 is 18.0 Å². The number of carbonyl (C=O) groups is 1. The maximum absolute atomic E-state index is 12.8. The third-order valence-corrected chi connectivity index (χ3v) is 4.24. The number of rotatable bonds is 4. The SMILES string of the molecule is O=C(NC(NC(=S)Nc1cccc(C(F)(F)F)c1)C(Cl)(Cl)Cl)c1ccccc1. The summed E-state index contributed by atoms with van der Waals surface area (Å²) in [6.07, 6.45) is -5.76. The minimum atomic E-state index is -4.50. The number of nitrogens with one attached hydrogen (secondary N) is 3. The van der Waals surface area contributed by atoms with Gasteiger partial charge >= 0.3 is 6.18 Å². The van der Waals surface area contributed by atoms with Crippen molar-refractivity contribution >= 4 is 63.7 Å². The minimum absolute atomic E-state index is 0.0739. The summed E-state index contributed by atoms with van der Waals surface area (Å²) in [6, 6.07) is 12.6. The van der Waals surface area contributed by atoms with E-state index in [2.05, 4.69) is 16.0 Å². The Morgan fingerprint density at radius 3 is 2.18 bits per heavy atom. The predicted molar refractivity (Wildman–Crippen MR) is 109 cm³/mol. The lowest BCUT2D eigenvalue weighted by Gasteiger charge is -2.27. The van der Waals surface area contributed by atoms with Crippen LogP contribution in [0.4, 0.5) is 18.9 Å². The molecule has 0 spiro atoms. The number of hydrogen-bond acceptors (Lipinski definition) is 2. The summed E-state index contributed by atoms with van der Waals surface area (Å²) in [6.45, 7) is 0.